The molecule has 0 saturated carbocycles. The predicted octanol–water partition coefficient (Wildman–Crippen LogP) is 4.58. The third kappa shape index (κ3) is 6.18. The van der Waals surface area contributed by atoms with E-state index in [2.05, 4.69) is 11.5 Å². The summed E-state index contributed by atoms with van der Waals surface area (Å²) >= 11 is 0. The Morgan fingerprint density at radius 3 is 1.74 bits per heavy atom. The number of anilines is 1. The molecular formula is C29H35N3O4S2. The summed E-state index contributed by atoms with van der Waals surface area (Å²) < 4.78 is 57.7. The van der Waals surface area contributed by atoms with Crippen LogP contribution in [0.2, 0.25) is 0 Å². The number of fused-ring (bicyclic) bond motifs is 1. The SMILES string of the molecule is C=C1CN(S(=O)(=O)c2ccc(C)cc2)CCCN(C)c2ccccc2CN(S(=O)(=O)c2ccc(C)cc2)C1. The Kier molecular flexibility index (Phi) is 8.42. The Labute approximate surface area is 227 Å². The molecule has 3 aromatic rings. The van der Waals surface area contributed by atoms with E-state index < -0.39 is 20.0 Å². The van der Waals surface area contributed by atoms with Crippen LogP contribution in [0.15, 0.2) is 94.7 Å². The minimum atomic E-state index is -3.88. The number of nitrogens with zero attached hydrogens (tertiary/aromatic N) is 3. The average Bonchev–Trinajstić information content (AvgIpc) is 2.87. The van der Waals surface area contributed by atoms with Crippen molar-refractivity contribution in [3.8, 4) is 0 Å². The van der Waals surface area contributed by atoms with Crippen LogP contribution in [0.5, 0.6) is 0 Å². The van der Waals surface area contributed by atoms with Crippen molar-refractivity contribution >= 4 is 25.7 Å². The molecule has 202 valence electrons. The first-order valence-corrected chi connectivity index (χ1v) is 15.5. The monoisotopic (exact) mass is 553 g/mol. The van der Waals surface area contributed by atoms with E-state index in [9.17, 15) is 16.8 Å². The molecule has 1 heterocycles. The van der Waals surface area contributed by atoms with Crippen LogP contribution in [-0.4, -0.2) is 58.7 Å². The number of aryl methyl sites for hydroxylation is 2. The molecule has 0 radical (unpaired) electrons. The molecular weight excluding hydrogens is 518 g/mol. The molecule has 0 unspecified atom stereocenters. The topological polar surface area (TPSA) is 78.0 Å². The lowest BCUT2D eigenvalue weighted by Gasteiger charge is -2.31. The van der Waals surface area contributed by atoms with E-state index in [1.54, 1.807) is 48.5 Å². The summed E-state index contributed by atoms with van der Waals surface area (Å²) in [5.41, 5.74) is 4.23. The van der Waals surface area contributed by atoms with Crippen LogP contribution in [0.1, 0.15) is 23.1 Å². The third-order valence-corrected chi connectivity index (χ3v) is 10.4. The summed E-state index contributed by atoms with van der Waals surface area (Å²) in [6, 6.07) is 21.3. The summed E-state index contributed by atoms with van der Waals surface area (Å²) in [6.07, 6.45) is 0.606. The molecule has 1 aliphatic heterocycles. The van der Waals surface area contributed by atoms with Crippen LogP contribution in [-0.2, 0) is 26.6 Å². The smallest absolute Gasteiger partial charge is 0.243 e. The van der Waals surface area contributed by atoms with E-state index in [1.807, 2.05) is 45.2 Å². The van der Waals surface area contributed by atoms with Gasteiger partial charge >= 0.3 is 0 Å². The molecule has 0 atom stereocenters. The standard InChI is InChI=1S/C29H35N3O4S2/c1-23-10-14-27(15-11-23)37(33,34)31-19-7-18-30(4)29-9-6-5-8-26(29)22-32(21-25(3)20-31)38(35,36)28-16-12-24(2)13-17-28/h5-6,8-17H,3,7,18-22H2,1-2,4H3. The molecule has 0 bridgehead atoms. The average molecular weight is 554 g/mol. The Bertz CT molecular complexity index is 1500. The molecule has 0 fully saturated rings. The summed E-state index contributed by atoms with van der Waals surface area (Å²) in [5, 5.41) is 0. The lowest BCUT2D eigenvalue weighted by atomic mass is 10.1. The number of benzene rings is 3. The van der Waals surface area contributed by atoms with Crippen molar-refractivity contribution in [1.82, 2.24) is 8.61 Å². The third-order valence-electron chi connectivity index (χ3n) is 6.77. The summed E-state index contributed by atoms with van der Waals surface area (Å²) in [4.78, 5) is 2.46. The summed E-state index contributed by atoms with van der Waals surface area (Å²) in [5.74, 6) is 0. The lowest BCUT2D eigenvalue weighted by Crippen LogP contribution is -2.39. The highest BCUT2D eigenvalue weighted by atomic mass is 32.2. The minimum absolute atomic E-state index is 0.00578. The highest BCUT2D eigenvalue weighted by Gasteiger charge is 2.30. The number of rotatable bonds is 4. The molecule has 0 spiro atoms. The van der Waals surface area contributed by atoms with Crippen LogP contribution >= 0.6 is 0 Å². The molecule has 3 aromatic carbocycles. The summed E-state index contributed by atoms with van der Waals surface area (Å²) in [6.45, 7) is 9.00. The Morgan fingerprint density at radius 1 is 0.658 bits per heavy atom. The van der Waals surface area contributed by atoms with Gasteiger partial charge in [0.15, 0.2) is 0 Å². The fourth-order valence-electron chi connectivity index (χ4n) is 4.59. The maximum atomic E-state index is 13.8. The van der Waals surface area contributed by atoms with Crippen molar-refractivity contribution in [2.75, 3.05) is 38.1 Å². The zero-order valence-corrected chi connectivity index (χ0v) is 23.8. The van der Waals surface area contributed by atoms with Crippen LogP contribution in [0.25, 0.3) is 0 Å². The van der Waals surface area contributed by atoms with Gasteiger partial charge in [-0.05, 0) is 61.7 Å². The van der Waals surface area contributed by atoms with E-state index in [0.717, 1.165) is 22.4 Å². The molecule has 0 N–H and O–H groups in total. The minimum Gasteiger partial charge on any atom is -0.374 e. The Morgan fingerprint density at radius 2 is 1.16 bits per heavy atom. The molecule has 1 aliphatic rings. The lowest BCUT2D eigenvalue weighted by molar-refractivity contribution is 0.394. The van der Waals surface area contributed by atoms with Gasteiger partial charge in [-0.1, -0.05) is 60.2 Å². The molecule has 0 aromatic heterocycles. The van der Waals surface area contributed by atoms with Crippen LogP contribution in [0, 0.1) is 13.8 Å². The van der Waals surface area contributed by atoms with E-state index >= 15 is 0 Å². The number of hydrogen-bond acceptors (Lipinski definition) is 5. The van der Waals surface area contributed by atoms with E-state index in [-0.39, 0.29) is 36.0 Å². The molecule has 0 aliphatic carbocycles. The van der Waals surface area contributed by atoms with Gasteiger partial charge in [-0.25, -0.2) is 16.8 Å². The molecule has 7 nitrogen and oxygen atoms in total. The Balaban J connectivity index is 1.74. The molecule has 38 heavy (non-hydrogen) atoms. The van der Waals surface area contributed by atoms with Gasteiger partial charge in [-0.15, -0.1) is 0 Å². The van der Waals surface area contributed by atoms with E-state index in [0.29, 0.717) is 18.5 Å². The fourth-order valence-corrected chi connectivity index (χ4v) is 7.53. The summed E-state index contributed by atoms with van der Waals surface area (Å²) in [7, 11) is -5.74. The van der Waals surface area contributed by atoms with Crippen molar-refractivity contribution in [3.63, 3.8) is 0 Å². The molecule has 9 heteroatoms. The molecule has 0 saturated heterocycles. The first-order chi connectivity index (χ1) is 18.0. The maximum Gasteiger partial charge on any atom is 0.243 e. The van der Waals surface area contributed by atoms with Crippen LogP contribution < -0.4 is 4.90 Å². The largest absolute Gasteiger partial charge is 0.374 e. The molecule has 4 rings (SSSR count). The van der Waals surface area contributed by atoms with E-state index in [4.69, 9.17) is 0 Å². The van der Waals surface area contributed by atoms with Gasteiger partial charge in [0.2, 0.25) is 20.0 Å². The molecule has 0 amide bonds. The predicted molar refractivity (Wildman–Crippen MR) is 152 cm³/mol. The zero-order chi connectivity index (χ0) is 27.5. The van der Waals surface area contributed by atoms with Gasteiger partial charge in [-0.2, -0.15) is 8.61 Å². The normalized spacial score (nSPS) is 16.9. The number of para-hydroxylation sites is 1. The first kappa shape index (κ1) is 28.0. The zero-order valence-electron chi connectivity index (χ0n) is 22.2. The van der Waals surface area contributed by atoms with Crippen molar-refractivity contribution in [3.05, 3.63) is 102 Å². The van der Waals surface area contributed by atoms with Gasteiger partial charge in [0.25, 0.3) is 0 Å². The number of sulfonamides is 2. The van der Waals surface area contributed by atoms with Crippen molar-refractivity contribution < 1.29 is 16.8 Å². The quantitative estimate of drug-likeness (QED) is 0.442. The maximum absolute atomic E-state index is 13.8. The highest BCUT2D eigenvalue weighted by molar-refractivity contribution is 7.89. The Hall–Kier alpha value is -2.98. The van der Waals surface area contributed by atoms with Crippen LogP contribution in [0.4, 0.5) is 5.69 Å². The highest BCUT2D eigenvalue weighted by Crippen LogP contribution is 2.27. The second-order valence-corrected chi connectivity index (χ2v) is 13.8. The second kappa shape index (κ2) is 11.4. The van der Waals surface area contributed by atoms with Gasteiger partial charge in [0.1, 0.15) is 0 Å². The van der Waals surface area contributed by atoms with Crippen molar-refractivity contribution in [1.29, 1.82) is 0 Å². The van der Waals surface area contributed by atoms with Gasteiger partial charge in [0.05, 0.1) is 9.79 Å². The van der Waals surface area contributed by atoms with Crippen molar-refractivity contribution in [2.24, 2.45) is 0 Å². The van der Waals surface area contributed by atoms with Crippen LogP contribution in [0.3, 0.4) is 0 Å². The number of hydrogen-bond donors (Lipinski definition) is 0. The fraction of sp³-hybridized carbons (Fsp3) is 0.310. The first-order valence-electron chi connectivity index (χ1n) is 12.6. The van der Waals surface area contributed by atoms with Gasteiger partial charge in [0, 0.05) is 45.5 Å². The van der Waals surface area contributed by atoms with Crippen molar-refractivity contribution in [2.45, 2.75) is 36.6 Å². The van der Waals surface area contributed by atoms with E-state index in [1.165, 1.54) is 8.61 Å². The second-order valence-electron chi connectivity index (χ2n) is 9.89. The van der Waals surface area contributed by atoms with Gasteiger partial charge in [-0.3, -0.25) is 0 Å². The van der Waals surface area contributed by atoms with Gasteiger partial charge < -0.3 is 4.90 Å².